The summed E-state index contributed by atoms with van der Waals surface area (Å²) in [5.41, 5.74) is 5.88. The second-order valence-electron chi connectivity index (χ2n) is 5.71. The highest BCUT2D eigenvalue weighted by atomic mass is 16.1. The van der Waals surface area contributed by atoms with Crippen LogP contribution in [0.3, 0.4) is 0 Å². The highest BCUT2D eigenvalue weighted by molar-refractivity contribution is 5.77. The second-order valence-corrected chi connectivity index (χ2v) is 5.71. The zero-order valence-electron chi connectivity index (χ0n) is 12.8. The molecule has 0 aliphatic heterocycles. The molecule has 1 unspecified atom stereocenters. The van der Waals surface area contributed by atoms with Crippen molar-refractivity contribution in [1.82, 2.24) is 10.2 Å². The number of nitrogens with two attached hydrogens (primary N) is 1. The molecule has 0 heterocycles. The van der Waals surface area contributed by atoms with Crippen molar-refractivity contribution in [3.8, 4) is 0 Å². The van der Waals surface area contributed by atoms with Crippen molar-refractivity contribution < 1.29 is 4.79 Å². The number of carbonyl (C=O) groups is 1. The molecule has 0 aromatic heterocycles. The molecule has 0 saturated heterocycles. The van der Waals surface area contributed by atoms with Crippen molar-refractivity contribution in [3.63, 3.8) is 0 Å². The molecule has 1 aliphatic carbocycles. The molecule has 0 aromatic rings. The topological polar surface area (TPSA) is 58.4 Å². The van der Waals surface area contributed by atoms with Crippen molar-refractivity contribution in [3.05, 3.63) is 0 Å². The van der Waals surface area contributed by atoms with Gasteiger partial charge in [0.05, 0.1) is 0 Å². The minimum absolute atomic E-state index is 0.168. The number of hydrogen-bond donors (Lipinski definition) is 2. The number of hydrogen-bond acceptors (Lipinski definition) is 3. The van der Waals surface area contributed by atoms with E-state index in [9.17, 15) is 4.79 Å². The largest absolute Gasteiger partial charge is 0.353 e. The van der Waals surface area contributed by atoms with E-state index >= 15 is 0 Å². The third kappa shape index (κ3) is 5.91. The summed E-state index contributed by atoms with van der Waals surface area (Å²) in [4.78, 5) is 14.3. The molecule has 0 aromatic carbocycles. The van der Waals surface area contributed by atoms with Gasteiger partial charge in [0.2, 0.25) is 5.91 Å². The lowest BCUT2D eigenvalue weighted by molar-refractivity contribution is -0.122. The quantitative estimate of drug-likeness (QED) is 0.635. The van der Waals surface area contributed by atoms with Gasteiger partial charge < -0.3 is 11.1 Å². The fourth-order valence-corrected chi connectivity index (χ4v) is 2.50. The van der Waals surface area contributed by atoms with Crippen LogP contribution in [0.25, 0.3) is 0 Å². The Labute approximate surface area is 118 Å². The van der Waals surface area contributed by atoms with Gasteiger partial charge in [-0.2, -0.15) is 0 Å². The standard InChI is InChI=1S/C15H31N3O/c1-4-12(5-2)11-18(6-3)14(10-16)9-15(19)17-13-7-8-13/h12-14H,4-11,16H2,1-3H3,(H,17,19). The minimum atomic E-state index is 0.168. The molecule has 0 spiro atoms. The van der Waals surface area contributed by atoms with E-state index in [1.165, 1.54) is 12.8 Å². The second kappa shape index (κ2) is 8.54. The summed E-state index contributed by atoms with van der Waals surface area (Å²) in [6.07, 6.45) is 5.21. The van der Waals surface area contributed by atoms with Gasteiger partial charge in [0, 0.05) is 31.6 Å². The maximum atomic E-state index is 11.9. The number of carbonyl (C=O) groups excluding carboxylic acids is 1. The van der Waals surface area contributed by atoms with Crippen LogP contribution < -0.4 is 11.1 Å². The average Bonchev–Trinajstić information content (AvgIpc) is 3.22. The molecule has 4 heteroatoms. The number of rotatable bonds is 10. The average molecular weight is 269 g/mol. The monoisotopic (exact) mass is 269 g/mol. The van der Waals surface area contributed by atoms with Crippen molar-refractivity contribution in [1.29, 1.82) is 0 Å². The molecule has 1 fully saturated rings. The first-order valence-electron chi connectivity index (χ1n) is 7.87. The zero-order chi connectivity index (χ0) is 14.3. The van der Waals surface area contributed by atoms with Crippen molar-refractivity contribution in [2.45, 2.75) is 65.0 Å². The Balaban J connectivity index is 2.45. The number of nitrogens with one attached hydrogen (secondary N) is 1. The summed E-state index contributed by atoms with van der Waals surface area (Å²) in [5.74, 6) is 0.876. The van der Waals surface area contributed by atoms with E-state index in [1.807, 2.05) is 0 Å². The SMILES string of the molecule is CCC(CC)CN(CC)C(CN)CC(=O)NC1CC1. The number of likely N-dealkylation sites (N-methyl/N-ethyl adjacent to an activating group) is 1. The molecule has 0 bridgehead atoms. The van der Waals surface area contributed by atoms with Crippen LogP contribution in [-0.2, 0) is 4.79 Å². The van der Waals surface area contributed by atoms with Gasteiger partial charge in [-0.15, -0.1) is 0 Å². The van der Waals surface area contributed by atoms with Crippen LogP contribution in [0, 0.1) is 5.92 Å². The Bertz CT molecular complexity index is 262. The maximum absolute atomic E-state index is 11.9. The van der Waals surface area contributed by atoms with Crippen molar-refractivity contribution in [2.24, 2.45) is 11.7 Å². The van der Waals surface area contributed by atoms with E-state index < -0.39 is 0 Å². The fourth-order valence-electron chi connectivity index (χ4n) is 2.50. The predicted octanol–water partition coefficient (Wildman–Crippen LogP) is 1.74. The lowest BCUT2D eigenvalue weighted by atomic mass is 10.0. The summed E-state index contributed by atoms with van der Waals surface area (Å²) in [5, 5.41) is 3.06. The van der Waals surface area contributed by atoms with Gasteiger partial charge in [0.25, 0.3) is 0 Å². The Morgan fingerprint density at radius 3 is 2.37 bits per heavy atom. The fraction of sp³-hybridized carbons (Fsp3) is 0.933. The molecular formula is C15H31N3O. The van der Waals surface area contributed by atoms with Crippen LogP contribution in [0.1, 0.15) is 52.9 Å². The van der Waals surface area contributed by atoms with Crippen LogP contribution in [0.5, 0.6) is 0 Å². The van der Waals surface area contributed by atoms with E-state index in [0.717, 1.165) is 25.9 Å². The van der Waals surface area contributed by atoms with Gasteiger partial charge in [-0.1, -0.05) is 33.6 Å². The summed E-state index contributed by atoms with van der Waals surface area (Å²) < 4.78 is 0. The Kier molecular flexibility index (Phi) is 7.39. The maximum Gasteiger partial charge on any atom is 0.221 e. The molecule has 112 valence electrons. The normalized spacial score (nSPS) is 16.9. The van der Waals surface area contributed by atoms with Crippen LogP contribution in [0.15, 0.2) is 0 Å². The van der Waals surface area contributed by atoms with E-state index in [0.29, 0.717) is 24.9 Å². The van der Waals surface area contributed by atoms with Crippen molar-refractivity contribution in [2.75, 3.05) is 19.6 Å². The predicted molar refractivity (Wildman–Crippen MR) is 79.9 cm³/mol. The first kappa shape index (κ1) is 16.4. The van der Waals surface area contributed by atoms with Gasteiger partial charge in [-0.3, -0.25) is 9.69 Å². The first-order chi connectivity index (χ1) is 9.14. The molecule has 0 radical (unpaired) electrons. The molecule has 1 saturated carbocycles. The van der Waals surface area contributed by atoms with E-state index in [-0.39, 0.29) is 11.9 Å². The summed E-state index contributed by atoms with van der Waals surface area (Å²) in [7, 11) is 0. The lowest BCUT2D eigenvalue weighted by Crippen LogP contribution is -2.46. The number of amides is 1. The Hall–Kier alpha value is -0.610. The Morgan fingerprint density at radius 2 is 1.95 bits per heavy atom. The van der Waals surface area contributed by atoms with Gasteiger partial charge in [0.1, 0.15) is 0 Å². The number of nitrogens with zero attached hydrogens (tertiary/aromatic N) is 1. The van der Waals surface area contributed by atoms with Crippen molar-refractivity contribution >= 4 is 5.91 Å². The molecule has 1 amide bonds. The van der Waals surface area contributed by atoms with E-state index in [4.69, 9.17) is 5.73 Å². The molecule has 1 rings (SSSR count). The highest BCUT2D eigenvalue weighted by Gasteiger charge is 2.26. The van der Waals surface area contributed by atoms with E-state index in [2.05, 4.69) is 31.0 Å². The third-order valence-corrected chi connectivity index (χ3v) is 4.21. The molecule has 1 aliphatic rings. The Morgan fingerprint density at radius 1 is 1.32 bits per heavy atom. The summed E-state index contributed by atoms with van der Waals surface area (Å²) in [6.45, 7) is 9.21. The molecular weight excluding hydrogens is 238 g/mol. The summed E-state index contributed by atoms with van der Waals surface area (Å²) in [6, 6.07) is 0.629. The van der Waals surface area contributed by atoms with Gasteiger partial charge >= 0.3 is 0 Å². The van der Waals surface area contributed by atoms with E-state index in [1.54, 1.807) is 0 Å². The molecule has 19 heavy (non-hydrogen) atoms. The third-order valence-electron chi connectivity index (χ3n) is 4.21. The summed E-state index contributed by atoms with van der Waals surface area (Å²) >= 11 is 0. The van der Waals surface area contributed by atoms with Gasteiger partial charge in [0.15, 0.2) is 0 Å². The first-order valence-corrected chi connectivity index (χ1v) is 7.87. The zero-order valence-corrected chi connectivity index (χ0v) is 12.8. The smallest absolute Gasteiger partial charge is 0.221 e. The molecule has 3 N–H and O–H groups in total. The molecule has 1 atom stereocenters. The lowest BCUT2D eigenvalue weighted by Gasteiger charge is -2.32. The minimum Gasteiger partial charge on any atom is -0.353 e. The molecule has 4 nitrogen and oxygen atoms in total. The van der Waals surface area contributed by atoms with Crippen LogP contribution >= 0.6 is 0 Å². The van der Waals surface area contributed by atoms with Crippen LogP contribution in [0.2, 0.25) is 0 Å². The van der Waals surface area contributed by atoms with Crippen LogP contribution in [0.4, 0.5) is 0 Å². The van der Waals surface area contributed by atoms with Gasteiger partial charge in [-0.25, -0.2) is 0 Å². The van der Waals surface area contributed by atoms with Crippen LogP contribution in [-0.4, -0.2) is 42.5 Å². The highest BCUT2D eigenvalue weighted by Crippen LogP contribution is 2.19. The van der Waals surface area contributed by atoms with Gasteiger partial charge in [-0.05, 0) is 25.3 Å².